The van der Waals surface area contributed by atoms with Gasteiger partial charge in [0, 0.05) is 5.75 Å². The Balaban J connectivity index is 1.67. The summed E-state index contributed by atoms with van der Waals surface area (Å²) in [6, 6.07) is 17.4. The van der Waals surface area contributed by atoms with E-state index < -0.39 is 0 Å². The quantitative estimate of drug-likeness (QED) is 0.474. The maximum atomic E-state index is 13.2. The zero-order chi connectivity index (χ0) is 18.9. The van der Waals surface area contributed by atoms with Gasteiger partial charge in [-0.05, 0) is 43.0 Å². The van der Waals surface area contributed by atoms with Crippen LogP contribution in [-0.2, 0) is 0 Å². The molecule has 0 saturated heterocycles. The first kappa shape index (κ1) is 17.5. The van der Waals surface area contributed by atoms with E-state index in [2.05, 4.69) is 10.2 Å². The molecule has 0 amide bonds. The molecular weight excluding hydrogens is 368 g/mol. The lowest BCUT2D eigenvalue weighted by atomic mass is 9.91. The summed E-state index contributed by atoms with van der Waals surface area (Å²) in [7, 11) is 0. The van der Waals surface area contributed by atoms with Crippen molar-refractivity contribution in [2.45, 2.75) is 37.3 Å². The Hall–Kier alpha value is -2.60. The van der Waals surface area contributed by atoms with Crippen molar-refractivity contribution in [1.82, 2.24) is 19.2 Å². The fourth-order valence-electron chi connectivity index (χ4n) is 4.13. The average Bonchev–Trinajstić information content (AvgIpc) is 3.18. The molecule has 4 aromatic rings. The number of benzene rings is 2. The molecule has 1 aliphatic rings. The average molecular weight is 391 g/mol. The van der Waals surface area contributed by atoms with Gasteiger partial charge in [0.2, 0.25) is 5.78 Å². The van der Waals surface area contributed by atoms with Crippen LogP contribution in [0.2, 0.25) is 0 Å². The van der Waals surface area contributed by atoms with E-state index in [-0.39, 0.29) is 5.56 Å². The Morgan fingerprint density at radius 3 is 2.50 bits per heavy atom. The number of rotatable bonds is 4. The van der Waals surface area contributed by atoms with Crippen LogP contribution in [-0.4, -0.2) is 24.9 Å². The van der Waals surface area contributed by atoms with Gasteiger partial charge in [0.15, 0.2) is 5.16 Å². The zero-order valence-electron chi connectivity index (χ0n) is 15.6. The van der Waals surface area contributed by atoms with Crippen LogP contribution in [0.3, 0.4) is 0 Å². The molecule has 5 rings (SSSR count). The van der Waals surface area contributed by atoms with Gasteiger partial charge in [-0.3, -0.25) is 9.20 Å². The lowest BCUT2D eigenvalue weighted by Gasteiger charge is -2.20. The van der Waals surface area contributed by atoms with Crippen molar-refractivity contribution in [2.75, 3.05) is 5.75 Å². The smallest absolute Gasteiger partial charge is 0.267 e. The number of hydrogen-bond acceptors (Lipinski definition) is 4. The third-order valence-electron chi connectivity index (χ3n) is 5.58. The van der Waals surface area contributed by atoms with E-state index >= 15 is 0 Å². The number of thioether (sulfide) groups is 1. The highest BCUT2D eigenvalue weighted by Gasteiger charge is 2.19. The number of aromatic nitrogens is 4. The monoisotopic (exact) mass is 390 g/mol. The molecular formula is C22H22N4OS. The second-order valence-corrected chi connectivity index (χ2v) is 8.41. The first-order chi connectivity index (χ1) is 13.8. The number of fused-ring (bicyclic) bond motifs is 3. The lowest BCUT2D eigenvalue weighted by molar-refractivity contribution is 0.390. The van der Waals surface area contributed by atoms with Gasteiger partial charge in [-0.25, -0.2) is 4.57 Å². The summed E-state index contributed by atoms with van der Waals surface area (Å²) in [4.78, 5) is 13.2. The normalized spacial score (nSPS) is 15.4. The van der Waals surface area contributed by atoms with E-state index in [1.54, 1.807) is 16.3 Å². The first-order valence-corrected chi connectivity index (χ1v) is 10.9. The Morgan fingerprint density at radius 1 is 0.929 bits per heavy atom. The van der Waals surface area contributed by atoms with Crippen molar-refractivity contribution in [2.24, 2.45) is 5.92 Å². The molecule has 1 aliphatic carbocycles. The fraction of sp³-hybridized carbons (Fsp3) is 0.318. The highest BCUT2D eigenvalue weighted by atomic mass is 32.2. The molecule has 2 aromatic heterocycles. The van der Waals surface area contributed by atoms with Crippen LogP contribution in [0.1, 0.15) is 32.1 Å². The predicted molar refractivity (Wildman–Crippen MR) is 113 cm³/mol. The summed E-state index contributed by atoms with van der Waals surface area (Å²) in [6.45, 7) is 0. The largest absolute Gasteiger partial charge is 0.268 e. The van der Waals surface area contributed by atoms with E-state index in [9.17, 15) is 4.79 Å². The molecule has 28 heavy (non-hydrogen) atoms. The van der Waals surface area contributed by atoms with Crippen LogP contribution < -0.4 is 5.56 Å². The van der Waals surface area contributed by atoms with Crippen LogP contribution in [0.4, 0.5) is 0 Å². The van der Waals surface area contributed by atoms with E-state index in [0.717, 1.165) is 28.0 Å². The summed E-state index contributed by atoms with van der Waals surface area (Å²) in [6.07, 6.45) is 6.64. The lowest BCUT2D eigenvalue weighted by Crippen LogP contribution is -2.21. The van der Waals surface area contributed by atoms with Gasteiger partial charge >= 0.3 is 0 Å². The third-order valence-corrected chi connectivity index (χ3v) is 6.74. The van der Waals surface area contributed by atoms with E-state index in [1.165, 1.54) is 32.1 Å². The minimum Gasteiger partial charge on any atom is -0.268 e. The van der Waals surface area contributed by atoms with E-state index in [4.69, 9.17) is 0 Å². The van der Waals surface area contributed by atoms with Crippen LogP contribution in [0.25, 0.3) is 22.4 Å². The van der Waals surface area contributed by atoms with Gasteiger partial charge in [-0.2, -0.15) is 0 Å². The molecule has 1 fully saturated rings. The molecule has 1 saturated carbocycles. The standard InChI is InChI=1S/C22H22N4OS/c27-20-18-13-7-8-14-19(18)26-21(25(20)17-11-5-2-6-12-17)23-24-22(26)28-15-16-9-3-1-4-10-16/h2,5-8,11-14,16H,1,3-4,9-10,15H2. The molecule has 0 atom stereocenters. The minimum atomic E-state index is -0.0643. The highest BCUT2D eigenvalue weighted by Crippen LogP contribution is 2.30. The molecule has 142 valence electrons. The van der Waals surface area contributed by atoms with Gasteiger partial charge in [-0.1, -0.05) is 61.4 Å². The van der Waals surface area contributed by atoms with Crippen molar-refractivity contribution in [3.63, 3.8) is 0 Å². The maximum Gasteiger partial charge on any atom is 0.267 e. The molecule has 6 heteroatoms. The fourth-order valence-corrected chi connectivity index (χ4v) is 5.25. The molecule has 2 aromatic carbocycles. The van der Waals surface area contributed by atoms with Crippen molar-refractivity contribution >= 4 is 28.4 Å². The van der Waals surface area contributed by atoms with Crippen LogP contribution >= 0.6 is 11.8 Å². The van der Waals surface area contributed by atoms with Gasteiger partial charge in [0.25, 0.3) is 5.56 Å². The Bertz CT molecular complexity index is 1180. The summed E-state index contributed by atoms with van der Waals surface area (Å²) >= 11 is 1.76. The maximum absolute atomic E-state index is 13.2. The zero-order valence-corrected chi connectivity index (χ0v) is 16.4. The second kappa shape index (κ2) is 7.43. The molecule has 0 unspecified atom stereocenters. The number of nitrogens with zero attached hydrogens (tertiary/aromatic N) is 4. The molecule has 0 bridgehead atoms. The van der Waals surface area contributed by atoms with Gasteiger partial charge in [-0.15, -0.1) is 10.2 Å². The second-order valence-electron chi connectivity index (χ2n) is 7.43. The highest BCUT2D eigenvalue weighted by molar-refractivity contribution is 7.99. The predicted octanol–water partition coefficient (Wildman–Crippen LogP) is 4.71. The van der Waals surface area contributed by atoms with Crippen molar-refractivity contribution < 1.29 is 0 Å². The molecule has 0 aliphatic heterocycles. The van der Waals surface area contributed by atoms with E-state index in [0.29, 0.717) is 11.2 Å². The van der Waals surface area contributed by atoms with Crippen LogP contribution in [0.15, 0.2) is 64.5 Å². The number of para-hydroxylation sites is 2. The Morgan fingerprint density at radius 2 is 1.68 bits per heavy atom. The third kappa shape index (κ3) is 3.02. The molecule has 0 radical (unpaired) electrons. The van der Waals surface area contributed by atoms with Gasteiger partial charge < -0.3 is 0 Å². The van der Waals surface area contributed by atoms with Crippen molar-refractivity contribution in [3.8, 4) is 5.69 Å². The summed E-state index contributed by atoms with van der Waals surface area (Å²) < 4.78 is 3.71. The molecule has 5 nitrogen and oxygen atoms in total. The molecule has 0 spiro atoms. The Labute approximate surface area is 167 Å². The number of hydrogen-bond donors (Lipinski definition) is 0. The van der Waals surface area contributed by atoms with Crippen LogP contribution in [0.5, 0.6) is 0 Å². The Kier molecular flexibility index (Phi) is 4.64. The van der Waals surface area contributed by atoms with Crippen LogP contribution in [0, 0.1) is 5.92 Å². The minimum absolute atomic E-state index is 0.0643. The SMILES string of the molecule is O=c1c2ccccc2n2c(SCC3CCCCC3)nnc2n1-c1ccccc1. The van der Waals surface area contributed by atoms with Gasteiger partial charge in [0.1, 0.15) is 0 Å². The summed E-state index contributed by atoms with van der Waals surface area (Å²) in [5.74, 6) is 2.37. The topological polar surface area (TPSA) is 52.2 Å². The van der Waals surface area contributed by atoms with Crippen molar-refractivity contribution in [3.05, 3.63) is 65.0 Å². The van der Waals surface area contributed by atoms with Crippen molar-refractivity contribution in [1.29, 1.82) is 0 Å². The van der Waals surface area contributed by atoms with Gasteiger partial charge in [0.05, 0.1) is 16.6 Å². The summed E-state index contributed by atoms with van der Waals surface area (Å²) in [5, 5.41) is 10.4. The van der Waals surface area contributed by atoms with E-state index in [1.807, 2.05) is 59.0 Å². The summed E-state index contributed by atoms with van der Waals surface area (Å²) in [5.41, 5.74) is 1.61. The first-order valence-electron chi connectivity index (χ1n) is 9.90. The molecule has 2 heterocycles. The molecule has 0 N–H and O–H groups in total.